The van der Waals surface area contributed by atoms with E-state index in [1.807, 2.05) is 45.0 Å². The molecule has 1 heterocycles. The van der Waals surface area contributed by atoms with Gasteiger partial charge in [-0.05, 0) is 44.5 Å². The third-order valence-electron chi connectivity index (χ3n) is 3.86. The molecule has 1 amide bonds. The Hall–Kier alpha value is -1.92. The Kier molecular flexibility index (Phi) is 6.34. The number of nitrogens with zero attached hydrogens (tertiary/aromatic N) is 1. The van der Waals surface area contributed by atoms with Gasteiger partial charge in [0.15, 0.2) is 0 Å². The number of carbonyl (C=O) groups excluding carboxylic acids is 1. The molecule has 1 aromatic carbocycles. The fourth-order valence-corrected chi connectivity index (χ4v) is 3.57. The molecule has 0 spiro atoms. The monoisotopic (exact) mass is 347 g/mol. The summed E-state index contributed by atoms with van der Waals surface area (Å²) in [6.07, 6.45) is 1.58. The Morgan fingerprint density at radius 2 is 2.04 bits per heavy atom. The average molecular weight is 347 g/mol. The number of hydrogen-bond donors (Lipinski definition) is 2. The minimum atomic E-state index is -0.452. The number of thiazole rings is 1. The van der Waals surface area contributed by atoms with Crippen LogP contribution in [0.5, 0.6) is 5.75 Å². The molecule has 0 radical (unpaired) electrons. The van der Waals surface area contributed by atoms with E-state index in [9.17, 15) is 4.79 Å². The van der Waals surface area contributed by atoms with Gasteiger partial charge >= 0.3 is 0 Å². The van der Waals surface area contributed by atoms with Gasteiger partial charge in [0.25, 0.3) is 0 Å². The lowest BCUT2D eigenvalue weighted by molar-refractivity contribution is -0.123. The highest BCUT2D eigenvalue weighted by atomic mass is 32.1. The van der Waals surface area contributed by atoms with E-state index in [0.29, 0.717) is 6.42 Å². The molecule has 2 rings (SSSR count). The van der Waals surface area contributed by atoms with Crippen molar-refractivity contribution >= 4 is 17.2 Å². The minimum Gasteiger partial charge on any atom is -0.497 e. The molecule has 0 bridgehead atoms. The third-order valence-corrected chi connectivity index (χ3v) is 5.25. The molecule has 6 heteroatoms. The molecule has 0 saturated carbocycles. The molecule has 5 nitrogen and oxygen atoms in total. The van der Waals surface area contributed by atoms with Crippen LogP contribution in [0.25, 0.3) is 10.6 Å². The number of benzene rings is 1. The van der Waals surface area contributed by atoms with Gasteiger partial charge in [-0.15, -0.1) is 11.3 Å². The van der Waals surface area contributed by atoms with E-state index < -0.39 is 6.04 Å². The smallest absolute Gasteiger partial charge is 0.237 e. The average Bonchev–Trinajstić information content (AvgIpc) is 2.97. The number of rotatable bonds is 7. The topological polar surface area (TPSA) is 77.2 Å². The summed E-state index contributed by atoms with van der Waals surface area (Å²) in [5.74, 6) is 0.709. The van der Waals surface area contributed by atoms with Gasteiger partial charge < -0.3 is 15.8 Å². The Morgan fingerprint density at radius 1 is 1.38 bits per heavy atom. The zero-order chi connectivity index (χ0) is 17.7. The largest absolute Gasteiger partial charge is 0.497 e. The van der Waals surface area contributed by atoms with Crippen LogP contribution < -0.4 is 15.8 Å². The van der Waals surface area contributed by atoms with Gasteiger partial charge in [0, 0.05) is 5.56 Å². The molecule has 130 valence electrons. The van der Waals surface area contributed by atoms with E-state index in [2.05, 4.69) is 10.3 Å². The molecule has 2 unspecified atom stereocenters. The fourth-order valence-electron chi connectivity index (χ4n) is 2.50. The Labute approximate surface area is 147 Å². The standard InChI is InChI=1S/C18H25N3O2S/c1-5-6-15(19)17(22)20-11(2)16-12(3)21-18(24-16)13-7-9-14(23-4)10-8-13/h7-11,15H,5-6,19H2,1-4H3,(H,20,22). The number of nitrogens with one attached hydrogen (secondary N) is 1. The van der Waals surface area contributed by atoms with E-state index in [1.54, 1.807) is 18.4 Å². The highest BCUT2D eigenvalue weighted by molar-refractivity contribution is 7.15. The summed E-state index contributed by atoms with van der Waals surface area (Å²) in [5, 5.41) is 3.93. The molecule has 0 aliphatic rings. The number of methoxy groups -OCH3 is 1. The molecule has 2 aromatic rings. The lowest BCUT2D eigenvalue weighted by atomic mass is 10.1. The molecule has 0 fully saturated rings. The number of hydrogen-bond acceptors (Lipinski definition) is 5. The van der Waals surface area contributed by atoms with E-state index in [1.165, 1.54) is 0 Å². The second-order valence-corrected chi connectivity index (χ2v) is 6.85. The van der Waals surface area contributed by atoms with Gasteiger partial charge in [0.1, 0.15) is 10.8 Å². The molecule has 0 saturated heterocycles. The van der Waals surface area contributed by atoms with Crippen molar-refractivity contribution in [2.75, 3.05) is 7.11 Å². The van der Waals surface area contributed by atoms with Crippen LogP contribution in [0.2, 0.25) is 0 Å². The highest BCUT2D eigenvalue weighted by Gasteiger charge is 2.20. The first-order chi connectivity index (χ1) is 11.5. The van der Waals surface area contributed by atoms with Crippen molar-refractivity contribution in [3.63, 3.8) is 0 Å². The van der Waals surface area contributed by atoms with Crippen LogP contribution in [0.3, 0.4) is 0 Å². The molecule has 24 heavy (non-hydrogen) atoms. The van der Waals surface area contributed by atoms with Crippen LogP contribution in [0.4, 0.5) is 0 Å². The summed E-state index contributed by atoms with van der Waals surface area (Å²) in [6.45, 7) is 5.95. The number of aryl methyl sites for hydroxylation is 1. The van der Waals surface area contributed by atoms with Crippen molar-refractivity contribution in [3.05, 3.63) is 34.8 Å². The van der Waals surface area contributed by atoms with Crippen LogP contribution >= 0.6 is 11.3 Å². The molecular formula is C18H25N3O2S. The maximum atomic E-state index is 12.1. The number of aromatic nitrogens is 1. The second kappa shape index (κ2) is 8.26. The summed E-state index contributed by atoms with van der Waals surface area (Å²) in [4.78, 5) is 17.8. The van der Waals surface area contributed by atoms with Gasteiger partial charge in [0.2, 0.25) is 5.91 Å². The van der Waals surface area contributed by atoms with Crippen LogP contribution in [-0.2, 0) is 4.79 Å². The van der Waals surface area contributed by atoms with Crippen molar-refractivity contribution in [3.8, 4) is 16.3 Å². The highest BCUT2D eigenvalue weighted by Crippen LogP contribution is 2.32. The van der Waals surface area contributed by atoms with E-state index in [-0.39, 0.29) is 11.9 Å². The van der Waals surface area contributed by atoms with Crippen molar-refractivity contribution in [2.45, 2.75) is 45.7 Å². The molecule has 3 N–H and O–H groups in total. The van der Waals surface area contributed by atoms with Gasteiger partial charge in [-0.25, -0.2) is 4.98 Å². The lowest BCUT2D eigenvalue weighted by Crippen LogP contribution is -2.41. The zero-order valence-electron chi connectivity index (χ0n) is 14.6. The summed E-state index contributed by atoms with van der Waals surface area (Å²) in [7, 11) is 1.65. The number of amides is 1. The predicted molar refractivity (Wildman–Crippen MR) is 98.3 cm³/mol. The number of nitrogens with two attached hydrogens (primary N) is 1. The van der Waals surface area contributed by atoms with E-state index in [0.717, 1.165) is 33.3 Å². The molecule has 1 aromatic heterocycles. The van der Waals surface area contributed by atoms with Gasteiger partial charge in [-0.2, -0.15) is 0 Å². The minimum absolute atomic E-state index is 0.107. The molecular weight excluding hydrogens is 322 g/mol. The number of ether oxygens (including phenoxy) is 1. The van der Waals surface area contributed by atoms with Crippen LogP contribution in [0.1, 0.15) is 43.3 Å². The first kappa shape index (κ1) is 18.4. The van der Waals surface area contributed by atoms with Crippen LogP contribution in [0, 0.1) is 6.92 Å². The van der Waals surface area contributed by atoms with Crippen molar-refractivity contribution in [1.82, 2.24) is 10.3 Å². The normalized spacial score (nSPS) is 13.4. The predicted octanol–water partition coefficient (Wildman–Crippen LogP) is 3.43. The quantitative estimate of drug-likeness (QED) is 0.804. The van der Waals surface area contributed by atoms with Gasteiger partial charge in [0.05, 0.1) is 29.8 Å². The van der Waals surface area contributed by atoms with E-state index in [4.69, 9.17) is 10.5 Å². The maximum Gasteiger partial charge on any atom is 0.237 e. The Morgan fingerprint density at radius 3 is 2.62 bits per heavy atom. The number of carbonyl (C=O) groups is 1. The third kappa shape index (κ3) is 4.33. The van der Waals surface area contributed by atoms with Crippen molar-refractivity contribution < 1.29 is 9.53 Å². The van der Waals surface area contributed by atoms with Crippen molar-refractivity contribution in [2.24, 2.45) is 5.73 Å². The molecule has 2 atom stereocenters. The Bertz CT molecular complexity index is 682. The summed E-state index contributed by atoms with van der Waals surface area (Å²) < 4.78 is 5.18. The van der Waals surface area contributed by atoms with E-state index >= 15 is 0 Å². The zero-order valence-corrected chi connectivity index (χ0v) is 15.4. The maximum absolute atomic E-state index is 12.1. The van der Waals surface area contributed by atoms with Gasteiger partial charge in [-0.1, -0.05) is 13.3 Å². The molecule has 0 aliphatic heterocycles. The second-order valence-electron chi connectivity index (χ2n) is 5.82. The summed E-state index contributed by atoms with van der Waals surface area (Å²) >= 11 is 1.59. The fraction of sp³-hybridized carbons (Fsp3) is 0.444. The van der Waals surface area contributed by atoms with Crippen LogP contribution in [0.15, 0.2) is 24.3 Å². The van der Waals surface area contributed by atoms with Crippen LogP contribution in [-0.4, -0.2) is 24.0 Å². The SMILES string of the molecule is CCCC(N)C(=O)NC(C)c1sc(-c2ccc(OC)cc2)nc1C. The van der Waals surface area contributed by atoms with Gasteiger partial charge in [-0.3, -0.25) is 4.79 Å². The van der Waals surface area contributed by atoms with Crippen molar-refractivity contribution in [1.29, 1.82) is 0 Å². The lowest BCUT2D eigenvalue weighted by Gasteiger charge is -2.16. The summed E-state index contributed by atoms with van der Waals surface area (Å²) in [6, 6.07) is 7.25. The summed E-state index contributed by atoms with van der Waals surface area (Å²) in [5.41, 5.74) is 7.85. The first-order valence-corrected chi connectivity index (χ1v) is 8.95. The first-order valence-electron chi connectivity index (χ1n) is 8.14. The Balaban J connectivity index is 2.13. The molecule has 0 aliphatic carbocycles.